The Labute approximate surface area is 144 Å². The van der Waals surface area contributed by atoms with Gasteiger partial charge in [-0.05, 0) is 49.2 Å². The molecule has 1 aromatic heterocycles. The molecule has 1 heterocycles. The Morgan fingerprint density at radius 1 is 1.16 bits per heavy atom. The molecule has 0 aliphatic carbocycles. The van der Waals surface area contributed by atoms with E-state index in [1.807, 2.05) is 32.0 Å². The fraction of sp³-hybridized carbons (Fsp3) is 0.211. The largest absolute Gasteiger partial charge is 0.339 e. The van der Waals surface area contributed by atoms with Gasteiger partial charge in [0.25, 0.3) is 0 Å². The van der Waals surface area contributed by atoms with Crippen molar-refractivity contribution in [2.45, 2.75) is 26.7 Å². The van der Waals surface area contributed by atoms with E-state index in [4.69, 9.17) is 4.52 Å². The monoisotopic (exact) mass is 339 g/mol. The highest BCUT2D eigenvalue weighted by atomic mass is 19.1. The van der Waals surface area contributed by atoms with Crippen LogP contribution in [0.2, 0.25) is 0 Å². The minimum atomic E-state index is -0.415. The van der Waals surface area contributed by atoms with Crippen molar-refractivity contribution in [3.63, 3.8) is 0 Å². The van der Waals surface area contributed by atoms with E-state index in [-0.39, 0.29) is 30.1 Å². The zero-order chi connectivity index (χ0) is 17.8. The van der Waals surface area contributed by atoms with Gasteiger partial charge in [0.05, 0.1) is 5.56 Å². The predicted octanol–water partition coefficient (Wildman–Crippen LogP) is 4.06. The first kappa shape index (κ1) is 16.8. The summed E-state index contributed by atoms with van der Waals surface area (Å²) in [5.41, 5.74) is 3.32. The molecular formula is C19H18FN3O2. The van der Waals surface area contributed by atoms with Crippen molar-refractivity contribution in [3.8, 4) is 11.4 Å². The minimum Gasteiger partial charge on any atom is -0.339 e. The molecule has 0 fully saturated rings. The molecule has 5 nitrogen and oxygen atoms in total. The summed E-state index contributed by atoms with van der Waals surface area (Å²) < 4.78 is 18.8. The highest BCUT2D eigenvalue weighted by molar-refractivity contribution is 5.90. The average molecular weight is 339 g/mol. The molecule has 3 rings (SSSR count). The van der Waals surface area contributed by atoms with Gasteiger partial charge >= 0.3 is 0 Å². The molecule has 0 aliphatic heterocycles. The third-order valence-electron chi connectivity index (χ3n) is 3.94. The number of nitrogens with one attached hydrogen (secondary N) is 1. The van der Waals surface area contributed by atoms with Gasteiger partial charge < -0.3 is 9.84 Å². The number of carbonyl (C=O) groups is 1. The average Bonchev–Trinajstić information content (AvgIpc) is 3.05. The fourth-order valence-corrected chi connectivity index (χ4v) is 2.37. The van der Waals surface area contributed by atoms with Gasteiger partial charge in [-0.15, -0.1) is 0 Å². The fourth-order valence-electron chi connectivity index (χ4n) is 2.37. The van der Waals surface area contributed by atoms with Crippen LogP contribution in [0.1, 0.15) is 23.4 Å². The molecule has 0 bridgehead atoms. The standard InChI is InChI=1S/C19H18FN3O2/c1-12-7-8-14(11-13(12)2)21-17(24)9-10-18-22-19(23-25-18)15-5-3-4-6-16(15)20/h3-8,11H,9-10H2,1-2H3,(H,21,24). The summed E-state index contributed by atoms with van der Waals surface area (Å²) in [6.45, 7) is 4.01. The van der Waals surface area contributed by atoms with Gasteiger partial charge in [-0.25, -0.2) is 4.39 Å². The normalized spacial score (nSPS) is 10.7. The van der Waals surface area contributed by atoms with E-state index in [0.29, 0.717) is 5.89 Å². The highest BCUT2D eigenvalue weighted by Gasteiger charge is 2.13. The van der Waals surface area contributed by atoms with Gasteiger partial charge in [-0.1, -0.05) is 23.4 Å². The molecule has 6 heteroatoms. The lowest BCUT2D eigenvalue weighted by Crippen LogP contribution is -2.12. The summed E-state index contributed by atoms with van der Waals surface area (Å²) in [5.74, 6) is -0.0765. The lowest BCUT2D eigenvalue weighted by Gasteiger charge is -2.06. The molecule has 0 spiro atoms. The van der Waals surface area contributed by atoms with E-state index in [2.05, 4.69) is 15.5 Å². The first-order valence-electron chi connectivity index (χ1n) is 7.97. The van der Waals surface area contributed by atoms with Crippen LogP contribution in [0.15, 0.2) is 47.0 Å². The molecule has 0 saturated carbocycles. The second-order valence-corrected chi connectivity index (χ2v) is 5.84. The lowest BCUT2D eigenvalue weighted by atomic mass is 10.1. The van der Waals surface area contributed by atoms with E-state index in [0.717, 1.165) is 11.3 Å². The summed E-state index contributed by atoms with van der Waals surface area (Å²) >= 11 is 0. The maximum Gasteiger partial charge on any atom is 0.227 e. The zero-order valence-electron chi connectivity index (χ0n) is 14.0. The first-order chi connectivity index (χ1) is 12.0. The number of hydrogen-bond donors (Lipinski definition) is 1. The highest BCUT2D eigenvalue weighted by Crippen LogP contribution is 2.20. The number of aryl methyl sites for hydroxylation is 3. The summed E-state index contributed by atoms with van der Waals surface area (Å²) in [4.78, 5) is 16.2. The van der Waals surface area contributed by atoms with E-state index in [9.17, 15) is 9.18 Å². The number of anilines is 1. The minimum absolute atomic E-state index is 0.145. The SMILES string of the molecule is Cc1ccc(NC(=O)CCc2nc(-c3ccccc3F)no2)cc1C. The molecule has 2 aromatic carbocycles. The van der Waals surface area contributed by atoms with Gasteiger partial charge in [0.1, 0.15) is 5.82 Å². The van der Waals surface area contributed by atoms with Gasteiger partial charge in [0.2, 0.25) is 17.6 Å². The Bertz CT molecular complexity index is 905. The van der Waals surface area contributed by atoms with Crippen LogP contribution in [0.5, 0.6) is 0 Å². The van der Waals surface area contributed by atoms with Gasteiger partial charge in [0.15, 0.2) is 0 Å². The quantitative estimate of drug-likeness (QED) is 0.761. The molecule has 0 saturated heterocycles. The number of rotatable bonds is 5. The van der Waals surface area contributed by atoms with Crippen molar-refractivity contribution in [1.29, 1.82) is 0 Å². The maximum absolute atomic E-state index is 13.7. The molecule has 1 amide bonds. The van der Waals surface area contributed by atoms with Crippen LogP contribution in [0.4, 0.5) is 10.1 Å². The Kier molecular flexibility index (Phi) is 4.88. The maximum atomic E-state index is 13.7. The van der Waals surface area contributed by atoms with Crippen LogP contribution in [0.3, 0.4) is 0 Å². The number of hydrogen-bond acceptors (Lipinski definition) is 4. The number of benzene rings is 2. The molecule has 0 radical (unpaired) electrons. The number of aromatic nitrogens is 2. The molecule has 25 heavy (non-hydrogen) atoms. The van der Waals surface area contributed by atoms with Crippen molar-refractivity contribution >= 4 is 11.6 Å². The van der Waals surface area contributed by atoms with Crippen molar-refractivity contribution in [2.24, 2.45) is 0 Å². The smallest absolute Gasteiger partial charge is 0.227 e. The molecule has 0 aliphatic rings. The van der Waals surface area contributed by atoms with Gasteiger partial charge in [0, 0.05) is 18.5 Å². The van der Waals surface area contributed by atoms with Crippen LogP contribution >= 0.6 is 0 Å². The first-order valence-corrected chi connectivity index (χ1v) is 7.97. The summed E-state index contributed by atoms with van der Waals surface area (Å²) in [7, 11) is 0. The molecule has 0 atom stereocenters. The van der Waals surface area contributed by atoms with E-state index < -0.39 is 5.82 Å². The number of carbonyl (C=O) groups excluding carboxylic acids is 1. The summed E-state index contributed by atoms with van der Waals surface area (Å²) in [6, 6.07) is 12.0. The van der Waals surface area contributed by atoms with Crippen molar-refractivity contribution in [2.75, 3.05) is 5.32 Å². The van der Waals surface area contributed by atoms with E-state index in [1.165, 1.54) is 11.6 Å². The van der Waals surface area contributed by atoms with Crippen molar-refractivity contribution < 1.29 is 13.7 Å². The Hall–Kier alpha value is -3.02. The Balaban J connectivity index is 1.59. The number of halogens is 1. The Morgan fingerprint density at radius 3 is 2.72 bits per heavy atom. The van der Waals surface area contributed by atoms with Crippen molar-refractivity contribution in [3.05, 3.63) is 65.3 Å². The molecule has 3 aromatic rings. The van der Waals surface area contributed by atoms with E-state index in [1.54, 1.807) is 18.2 Å². The third kappa shape index (κ3) is 4.09. The van der Waals surface area contributed by atoms with Gasteiger partial charge in [-0.3, -0.25) is 4.79 Å². The summed E-state index contributed by atoms with van der Waals surface area (Å²) in [6.07, 6.45) is 0.490. The van der Waals surface area contributed by atoms with Crippen LogP contribution in [-0.4, -0.2) is 16.0 Å². The number of amides is 1. The second kappa shape index (κ2) is 7.25. The number of nitrogens with zero attached hydrogens (tertiary/aromatic N) is 2. The van der Waals surface area contributed by atoms with Crippen LogP contribution in [0.25, 0.3) is 11.4 Å². The van der Waals surface area contributed by atoms with Crippen LogP contribution in [-0.2, 0) is 11.2 Å². The second-order valence-electron chi connectivity index (χ2n) is 5.84. The molecule has 0 unspecified atom stereocenters. The Morgan fingerprint density at radius 2 is 1.96 bits per heavy atom. The lowest BCUT2D eigenvalue weighted by molar-refractivity contribution is -0.116. The van der Waals surface area contributed by atoms with Crippen LogP contribution < -0.4 is 5.32 Å². The zero-order valence-corrected chi connectivity index (χ0v) is 14.0. The molecular weight excluding hydrogens is 321 g/mol. The predicted molar refractivity (Wildman–Crippen MR) is 92.6 cm³/mol. The third-order valence-corrected chi connectivity index (χ3v) is 3.94. The van der Waals surface area contributed by atoms with Crippen molar-refractivity contribution in [1.82, 2.24) is 10.1 Å². The molecule has 128 valence electrons. The van der Waals surface area contributed by atoms with Gasteiger partial charge in [-0.2, -0.15) is 4.98 Å². The topological polar surface area (TPSA) is 68.0 Å². The van der Waals surface area contributed by atoms with E-state index >= 15 is 0 Å². The summed E-state index contributed by atoms with van der Waals surface area (Å²) in [5, 5.41) is 6.61. The molecule has 1 N–H and O–H groups in total. The van der Waals surface area contributed by atoms with Crippen LogP contribution in [0, 0.1) is 19.7 Å².